The molecule has 1 aliphatic rings. The van der Waals surface area contributed by atoms with Gasteiger partial charge in [-0.15, -0.1) is 0 Å². The summed E-state index contributed by atoms with van der Waals surface area (Å²) >= 11 is 0. The van der Waals surface area contributed by atoms with Crippen LogP contribution in [0.5, 0.6) is 0 Å². The summed E-state index contributed by atoms with van der Waals surface area (Å²) in [5, 5.41) is 11.1. The number of benzene rings is 1. The topological polar surface area (TPSA) is 74.6 Å². The Morgan fingerprint density at radius 3 is 2.79 bits per heavy atom. The fourth-order valence-corrected chi connectivity index (χ4v) is 3.44. The average Bonchev–Trinajstić information content (AvgIpc) is 3.39. The van der Waals surface area contributed by atoms with Crippen molar-refractivity contribution in [1.29, 1.82) is 0 Å². The predicted molar refractivity (Wildman–Crippen MR) is 111 cm³/mol. The van der Waals surface area contributed by atoms with Gasteiger partial charge < -0.3 is 15.5 Å². The maximum atomic E-state index is 11.9. The first kappa shape index (κ1) is 19.9. The van der Waals surface area contributed by atoms with Gasteiger partial charge in [0.2, 0.25) is 5.91 Å². The van der Waals surface area contributed by atoms with Crippen molar-refractivity contribution in [2.45, 2.75) is 45.8 Å². The predicted octanol–water partition coefficient (Wildman–Crippen LogP) is 2.00. The summed E-state index contributed by atoms with van der Waals surface area (Å²) in [5.41, 5.74) is 2.40. The Hall–Kier alpha value is -2.83. The van der Waals surface area contributed by atoms with Crippen molar-refractivity contribution in [3.8, 4) is 0 Å². The highest BCUT2D eigenvalue weighted by Gasteiger charge is 2.25. The van der Waals surface area contributed by atoms with Crippen LogP contribution in [0.1, 0.15) is 37.8 Å². The van der Waals surface area contributed by atoms with Crippen molar-refractivity contribution < 1.29 is 4.79 Å². The van der Waals surface area contributed by atoms with E-state index in [9.17, 15) is 4.79 Å². The number of guanidine groups is 1. The van der Waals surface area contributed by atoms with E-state index in [1.54, 1.807) is 6.20 Å². The SMILES string of the molecule is CCNC(=NCc1ccccc1Cn1cccn1)NC1CCN(C(=O)CC)C1. The molecule has 2 heterocycles. The van der Waals surface area contributed by atoms with Gasteiger partial charge in [-0.05, 0) is 30.5 Å². The van der Waals surface area contributed by atoms with Crippen molar-refractivity contribution in [3.05, 3.63) is 53.9 Å². The molecule has 150 valence electrons. The zero-order valence-corrected chi connectivity index (χ0v) is 16.8. The third kappa shape index (κ3) is 5.34. The minimum absolute atomic E-state index is 0.221. The molecule has 1 aromatic carbocycles. The Kier molecular flexibility index (Phi) is 7.06. The minimum atomic E-state index is 0.221. The summed E-state index contributed by atoms with van der Waals surface area (Å²) in [6.07, 6.45) is 5.27. The second kappa shape index (κ2) is 9.92. The molecule has 1 amide bonds. The first-order valence-corrected chi connectivity index (χ1v) is 10.1. The van der Waals surface area contributed by atoms with Gasteiger partial charge >= 0.3 is 0 Å². The van der Waals surface area contributed by atoms with E-state index in [0.717, 1.165) is 38.6 Å². The molecule has 0 radical (unpaired) electrons. The number of hydrogen-bond acceptors (Lipinski definition) is 3. The van der Waals surface area contributed by atoms with Crippen LogP contribution in [0.4, 0.5) is 0 Å². The number of nitrogens with zero attached hydrogens (tertiary/aromatic N) is 4. The summed E-state index contributed by atoms with van der Waals surface area (Å²) in [5.74, 6) is 1.02. The first-order valence-electron chi connectivity index (χ1n) is 10.1. The average molecular weight is 383 g/mol. The molecule has 28 heavy (non-hydrogen) atoms. The van der Waals surface area contributed by atoms with Crippen LogP contribution in [0.15, 0.2) is 47.7 Å². The molecule has 0 bridgehead atoms. The van der Waals surface area contributed by atoms with E-state index in [0.29, 0.717) is 13.0 Å². The molecule has 1 fully saturated rings. The highest BCUT2D eigenvalue weighted by molar-refractivity contribution is 5.80. The van der Waals surface area contributed by atoms with E-state index in [1.165, 1.54) is 11.1 Å². The number of amides is 1. The van der Waals surface area contributed by atoms with Gasteiger partial charge in [-0.2, -0.15) is 5.10 Å². The highest BCUT2D eigenvalue weighted by atomic mass is 16.2. The van der Waals surface area contributed by atoms with Crippen molar-refractivity contribution in [3.63, 3.8) is 0 Å². The molecule has 1 atom stereocenters. The van der Waals surface area contributed by atoms with Crippen LogP contribution in [-0.2, 0) is 17.9 Å². The van der Waals surface area contributed by atoms with Gasteiger partial charge in [-0.25, -0.2) is 4.99 Å². The van der Waals surface area contributed by atoms with E-state index in [4.69, 9.17) is 4.99 Å². The van der Waals surface area contributed by atoms with Crippen LogP contribution in [0, 0.1) is 0 Å². The molecule has 1 saturated heterocycles. The van der Waals surface area contributed by atoms with Gasteiger partial charge in [0.15, 0.2) is 5.96 Å². The van der Waals surface area contributed by atoms with E-state index in [-0.39, 0.29) is 11.9 Å². The Morgan fingerprint density at radius 1 is 1.25 bits per heavy atom. The minimum Gasteiger partial charge on any atom is -0.357 e. The van der Waals surface area contributed by atoms with E-state index >= 15 is 0 Å². The number of aromatic nitrogens is 2. The molecule has 2 aromatic rings. The smallest absolute Gasteiger partial charge is 0.222 e. The third-order valence-electron chi connectivity index (χ3n) is 4.95. The van der Waals surface area contributed by atoms with Crippen LogP contribution in [-0.4, -0.2) is 52.2 Å². The molecule has 1 aliphatic heterocycles. The molecule has 7 nitrogen and oxygen atoms in total. The Labute approximate surface area is 166 Å². The number of aliphatic imine (C=N–C) groups is 1. The highest BCUT2D eigenvalue weighted by Crippen LogP contribution is 2.13. The first-order chi connectivity index (χ1) is 13.7. The summed E-state index contributed by atoms with van der Waals surface area (Å²) in [6.45, 7) is 7.66. The lowest BCUT2D eigenvalue weighted by Gasteiger charge is -2.19. The Morgan fingerprint density at radius 2 is 2.07 bits per heavy atom. The molecule has 2 N–H and O–H groups in total. The Bertz CT molecular complexity index is 786. The quantitative estimate of drug-likeness (QED) is 0.567. The molecular formula is C21H30N6O. The van der Waals surface area contributed by atoms with Crippen LogP contribution in [0.3, 0.4) is 0 Å². The zero-order chi connectivity index (χ0) is 19.8. The number of likely N-dealkylation sites (tertiary alicyclic amines) is 1. The maximum absolute atomic E-state index is 11.9. The lowest BCUT2D eigenvalue weighted by Crippen LogP contribution is -2.45. The van der Waals surface area contributed by atoms with Crippen LogP contribution in [0.2, 0.25) is 0 Å². The summed E-state index contributed by atoms with van der Waals surface area (Å²) in [4.78, 5) is 18.6. The molecule has 0 spiro atoms. The Balaban J connectivity index is 1.64. The lowest BCUT2D eigenvalue weighted by molar-refractivity contribution is -0.129. The van der Waals surface area contributed by atoms with Gasteiger partial charge in [0.25, 0.3) is 0 Å². The summed E-state index contributed by atoms with van der Waals surface area (Å²) in [7, 11) is 0. The van der Waals surface area contributed by atoms with Gasteiger partial charge in [0.1, 0.15) is 0 Å². The third-order valence-corrected chi connectivity index (χ3v) is 4.95. The normalized spacial score (nSPS) is 17.0. The van der Waals surface area contributed by atoms with E-state index in [2.05, 4.69) is 34.8 Å². The molecular weight excluding hydrogens is 352 g/mol. The molecule has 3 rings (SSSR count). The van der Waals surface area contributed by atoms with Crippen LogP contribution < -0.4 is 10.6 Å². The van der Waals surface area contributed by atoms with Crippen molar-refractivity contribution in [2.75, 3.05) is 19.6 Å². The number of hydrogen-bond donors (Lipinski definition) is 2. The van der Waals surface area contributed by atoms with E-state index in [1.807, 2.05) is 40.9 Å². The summed E-state index contributed by atoms with van der Waals surface area (Å²) in [6, 6.07) is 10.5. The number of nitrogens with one attached hydrogen (secondary N) is 2. The van der Waals surface area contributed by atoms with E-state index < -0.39 is 0 Å². The van der Waals surface area contributed by atoms with Crippen molar-refractivity contribution in [2.24, 2.45) is 4.99 Å². The lowest BCUT2D eigenvalue weighted by atomic mass is 10.1. The molecule has 7 heteroatoms. The number of rotatable bonds is 7. The monoisotopic (exact) mass is 382 g/mol. The molecule has 1 aromatic heterocycles. The molecule has 0 saturated carbocycles. The second-order valence-corrected chi connectivity index (χ2v) is 6.99. The summed E-state index contributed by atoms with van der Waals surface area (Å²) < 4.78 is 1.92. The molecule has 0 aliphatic carbocycles. The number of carbonyl (C=O) groups excluding carboxylic acids is 1. The fraction of sp³-hybridized carbons (Fsp3) is 0.476. The number of carbonyl (C=O) groups is 1. The van der Waals surface area contributed by atoms with Crippen LogP contribution in [0.25, 0.3) is 0 Å². The largest absolute Gasteiger partial charge is 0.357 e. The van der Waals surface area contributed by atoms with Crippen molar-refractivity contribution >= 4 is 11.9 Å². The second-order valence-electron chi connectivity index (χ2n) is 6.99. The van der Waals surface area contributed by atoms with Gasteiger partial charge in [-0.1, -0.05) is 31.2 Å². The molecule has 1 unspecified atom stereocenters. The zero-order valence-electron chi connectivity index (χ0n) is 16.8. The van der Waals surface area contributed by atoms with Crippen LogP contribution >= 0.6 is 0 Å². The van der Waals surface area contributed by atoms with Gasteiger partial charge in [0.05, 0.1) is 13.1 Å². The maximum Gasteiger partial charge on any atom is 0.222 e. The van der Waals surface area contributed by atoms with Crippen molar-refractivity contribution in [1.82, 2.24) is 25.3 Å². The van der Waals surface area contributed by atoms with Gasteiger partial charge in [0, 0.05) is 44.5 Å². The standard InChI is InChI=1S/C21H30N6O/c1-3-20(28)26-13-10-19(16-26)25-21(22-4-2)23-14-17-8-5-6-9-18(17)15-27-12-7-11-24-27/h5-9,11-12,19H,3-4,10,13-16H2,1-2H3,(H2,22,23,25). The van der Waals surface area contributed by atoms with Gasteiger partial charge in [-0.3, -0.25) is 9.48 Å². The fourth-order valence-electron chi connectivity index (χ4n) is 3.44.